The van der Waals surface area contributed by atoms with Gasteiger partial charge >= 0.3 is 0 Å². The van der Waals surface area contributed by atoms with E-state index in [9.17, 15) is 0 Å². The first-order valence-corrected chi connectivity index (χ1v) is 14.2. The molecular formula is C28H52N+. The van der Waals surface area contributed by atoms with E-state index in [4.69, 9.17) is 0 Å². The lowest BCUT2D eigenvalue weighted by Crippen LogP contribution is -2.58. The lowest BCUT2D eigenvalue weighted by molar-refractivity contribution is -0.941. The van der Waals surface area contributed by atoms with Crippen molar-refractivity contribution in [1.29, 1.82) is 0 Å². The molecule has 29 heavy (non-hydrogen) atoms. The third-order valence-corrected chi connectivity index (χ3v) is 9.48. The Bertz CT molecular complexity index is 348. The van der Waals surface area contributed by atoms with Gasteiger partial charge in [-0.3, -0.25) is 0 Å². The van der Waals surface area contributed by atoms with E-state index in [-0.39, 0.29) is 0 Å². The van der Waals surface area contributed by atoms with Gasteiger partial charge in [-0.1, -0.05) is 77.0 Å². The van der Waals surface area contributed by atoms with Crippen LogP contribution in [0.25, 0.3) is 0 Å². The van der Waals surface area contributed by atoms with Crippen LogP contribution in [0.4, 0.5) is 0 Å². The van der Waals surface area contributed by atoms with Crippen LogP contribution in [0.5, 0.6) is 0 Å². The van der Waals surface area contributed by atoms with E-state index in [1.54, 1.807) is 82.0 Å². The standard InChI is InChI=1S/C28H52N/c1-5-13-25(14-6-1)21-29(22-26-15-7-2-8-16-26,23-27-17-9-3-10-18-27)24-28-19-11-4-12-20-28/h25-28H,1-24H2/q+1. The Balaban J connectivity index is 1.51. The Morgan fingerprint density at radius 1 is 0.310 bits per heavy atom. The summed E-state index contributed by atoms with van der Waals surface area (Å²) in [4.78, 5) is 0. The van der Waals surface area contributed by atoms with Crippen LogP contribution < -0.4 is 0 Å². The van der Waals surface area contributed by atoms with Crippen LogP contribution in [-0.2, 0) is 0 Å². The molecule has 4 aliphatic rings. The monoisotopic (exact) mass is 402 g/mol. The van der Waals surface area contributed by atoms with Crippen LogP contribution in [0.2, 0.25) is 0 Å². The molecule has 4 fully saturated rings. The predicted octanol–water partition coefficient (Wildman–Crippen LogP) is 8.12. The van der Waals surface area contributed by atoms with Crippen molar-refractivity contribution in [2.75, 3.05) is 26.2 Å². The number of hydrogen-bond acceptors (Lipinski definition) is 0. The highest BCUT2D eigenvalue weighted by Gasteiger charge is 2.39. The molecule has 0 aromatic rings. The molecule has 0 amide bonds. The summed E-state index contributed by atoms with van der Waals surface area (Å²) in [5.41, 5.74) is 0. The summed E-state index contributed by atoms with van der Waals surface area (Å²) in [5, 5.41) is 0. The van der Waals surface area contributed by atoms with Crippen LogP contribution in [-0.4, -0.2) is 30.7 Å². The third-order valence-electron chi connectivity index (χ3n) is 9.48. The van der Waals surface area contributed by atoms with Crippen molar-refractivity contribution in [3.63, 3.8) is 0 Å². The topological polar surface area (TPSA) is 0 Å². The first-order chi connectivity index (χ1) is 14.3. The molecule has 4 aliphatic carbocycles. The lowest BCUT2D eigenvalue weighted by Gasteiger charge is -2.48. The number of nitrogens with zero attached hydrogens (tertiary/aromatic N) is 1. The molecule has 1 nitrogen and oxygen atoms in total. The van der Waals surface area contributed by atoms with E-state index in [1.165, 1.54) is 77.0 Å². The van der Waals surface area contributed by atoms with Crippen LogP contribution in [0.1, 0.15) is 128 Å². The molecule has 0 saturated heterocycles. The minimum absolute atomic E-state index is 1.06. The van der Waals surface area contributed by atoms with Crippen molar-refractivity contribution in [2.24, 2.45) is 23.7 Å². The van der Waals surface area contributed by atoms with Crippen molar-refractivity contribution in [1.82, 2.24) is 0 Å². The van der Waals surface area contributed by atoms with Crippen molar-refractivity contribution >= 4 is 0 Å². The summed E-state index contributed by atoms with van der Waals surface area (Å²) in [6.45, 7) is 6.29. The highest BCUT2D eigenvalue weighted by molar-refractivity contribution is 4.75. The molecule has 168 valence electrons. The number of quaternary nitrogens is 1. The van der Waals surface area contributed by atoms with Crippen molar-refractivity contribution in [3.8, 4) is 0 Å². The minimum atomic E-state index is 1.06. The number of hydrogen-bond donors (Lipinski definition) is 0. The Morgan fingerprint density at radius 2 is 0.517 bits per heavy atom. The van der Waals surface area contributed by atoms with E-state index in [1.807, 2.05) is 0 Å². The fourth-order valence-electron chi connectivity index (χ4n) is 8.12. The van der Waals surface area contributed by atoms with E-state index >= 15 is 0 Å². The molecule has 0 radical (unpaired) electrons. The second-order valence-corrected chi connectivity index (χ2v) is 12.1. The molecule has 0 heterocycles. The molecule has 0 unspecified atom stereocenters. The van der Waals surface area contributed by atoms with Crippen LogP contribution in [0.15, 0.2) is 0 Å². The largest absolute Gasteiger partial charge is 0.323 e. The second-order valence-electron chi connectivity index (χ2n) is 12.1. The molecule has 0 aromatic carbocycles. The predicted molar refractivity (Wildman–Crippen MR) is 126 cm³/mol. The molecule has 0 aliphatic heterocycles. The molecular weight excluding hydrogens is 350 g/mol. The first kappa shape index (κ1) is 22.2. The first-order valence-electron chi connectivity index (χ1n) is 14.2. The molecule has 0 spiro atoms. The zero-order valence-corrected chi connectivity index (χ0v) is 19.7. The van der Waals surface area contributed by atoms with Gasteiger partial charge in [0, 0.05) is 23.7 Å². The maximum Gasteiger partial charge on any atom is 0.0815 e. The van der Waals surface area contributed by atoms with Gasteiger partial charge in [0.05, 0.1) is 26.2 Å². The zero-order valence-electron chi connectivity index (χ0n) is 19.7. The second kappa shape index (κ2) is 11.5. The Hall–Kier alpha value is -0.0400. The van der Waals surface area contributed by atoms with Gasteiger partial charge in [-0.05, 0) is 51.4 Å². The maximum absolute atomic E-state index is 1.57. The summed E-state index contributed by atoms with van der Waals surface area (Å²) in [5.74, 6) is 4.22. The average Bonchev–Trinajstić information content (AvgIpc) is 2.76. The summed E-state index contributed by atoms with van der Waals surface area (Å²) in [6.07, 6.45) is 30.7. The SMILES string of the molecule is C1CCC(C[N+](CC2CCCCC2)(CC2CCCCC2)CC2CCCCC2)CC1. The van der Waals surface area contributed by atoms with Crippen LogP contribution in [0.3, 0.4) is 0 Å². The van der Waals surface area contributed by atoms with E-state index in [2.05, 4.69) is 0 Å². The highest BCUT2D eigenvalue weighted by atomic mass is 15.4. The van der Waals surface area contributed by atoms with Gasteiger partial charge in [-0.25, -0.2) is 0 Å². The van der Waals surface area contributed by atoms with Gasteiger partial charge in [0.2, 0.25) is 0 Å². The van der Waals surface area contributed by atoms with Crippen molar-refractivity contribution < 1.29 is 4.48 Å². The smallest absolute Gasteiger partial charge is 0.0815 e. The maximum atomic E-state index is 1.57. The Labute approximate surface area is 183 Å². The molecule has 4 saturated carbocycles. The fraction of sp³-hybridized carbons (Fsp3) is 1.00. The van der Waals surface area contributed by atoms with Crippen LogP contribution in [0, 0.1) is 23.7 Å². The quantitative estimate of drug-likeness (QED) is 0.359. The highest BCUT2D eigenvalue weighted by Crippen LogP contribution is 2.37. The summed E-state index contributed by atoms with van der Waals surface area (Å²) in [7, 11) is 0. The van der Waals surface area contributed by atoms with Crippen molar-refractivity contribution in [3.05, 3.63) is 0 Å². The van der Waals surface area contributed by atoms with Crippen molar-refractivity contribution in [2.45, 2.75) is 128 Å². The van der Waals surface area contributed by atoms with Gasteiger partial charge in [0.1, 0.15) is 0 Å². The van der Waals surface area contributed by atoms with Gasteiger partial charge in [0.15, 0.2) is 0 Å². The molecule has 0 aromatic heterocycles. The molecule has 0 N–H and O–H groups in total. The zero-order chi connectivity index (χ0) is 19.8. The van der Waals surface area contributed by atoms with Crippen LogP contribution >= 0.6 is 0 Å². The normalized spacial score (nSPS) is 27.3. The molecule has 4 rings (SSSR count). The Morgan fingerprint density at radius 3 is 0.724 bits per heavy atom. The van der Waals surface area contributed by atoms with E-state index in [0.29, 0.717) is 0 Å². The molecule has 1 heteroatoms. The van der Waals surface area contributed by atoms with E-state index in [0.717, 1.165) is 23.7 Å². The molecule has 0 bridgehead atoms. The van der Waals surface area contributed by atoms with Gasteiger partial charge in [0.25, 0.3) is 0 Å². The van der Waals surface area contributed by atoms with Gasteiger partial charge in [-0.15, -0.1) is 0 Å². The fourth-order valence-corrected chi connectivity index (χ4v) is 8.12. The minimum Gasteiger partial charge on any atom is -0.323 e. The average molecular weight is 403 g/mol. The summed E-state index contributed by atoms with van der Waals surface area (Å²) >= 11 is 0. The number of rotatable bonds is 8. The van der Waals surface area contributed by atoms with Gasteiger partial charge < -0.3 is 4.48 Å². The van der Waals surface area contributed by atoms with Gasteiger partial charge in [-0.2, -0.15) is 0 Å². The lowest BCUT2D eigenvalue weighted by atomic mass is 9.81. The van der Waals surface area contributed by atoms with E-state index < -0.39 is 0 Å². The molecule has 0 atom stereocenters. The summed E-state index contributed by atoms with van der Waals surface area (Å²) < 4.78 is 1.57. The third kappa shape index (κ3) is 6.98. The summed E-state index contributed by atoms with van der Waals surface area (Å²) in [6, 6.07) is 0. The Kier molecular flexibility index (Phi) is 8.82.